The van der Waals surface area contributed by atoms with Gasteiger partial charge in [-0.1, -0.05) is 13.3 Å². The first-order chi connectivity index (χ1) is 8.70. The van der Waals surface area contributed by atoms with Gasteiger partial charge in [0.15, 0.2) is 5.69 Å². The van der Waals surface area contributed by atoms with Crippen LogP contribution < -0.4 is 0 Å². The van der Waals surface area contributed by atoms with Gasteiger partial charge in [0, 0.05) is 24.4 Å². The summed E-state index contributed by atoms with van der Waals surface area (Å²) in [7, 11) is 0. The molecule has 1 unspecified atom stereocenters. The highest BCUT2D eigenvalue weighted by atomic mass is 32.1. The third-order valence-electron chi connectivity index (χ3n) is 3.60. The zero-order chi connectivity index (χ0) is 13.0. The molecule has 1 N–H and O–H groups in total. The number of nitrogens with zero attached hydrogens (tertiary/aromatic N) is 2. The molecule has 2 rings (SSSR count). The highest BCUT2D eigenvalue weighted by Crippen LogP contribution is 2.20. The van der Waals surface area contributed by atoms with Crippen molar-refractivity contribution in [1.29, 1.82) is 0 Å². The fourth-order valence-corrected chi connectivity index (χ4v) is 3.34. The number of aromatic carboxylic acids is 1. The maximum atomic E-state index is 10.8. The molecule has 1 aliphatic rings. The lowest BCUT2D eigenvalue weighted by atomic mass is 10.00. The molecule has 100 valence electrons. The number of piperidine rings is 1. The molecule has 18 heavy (non-hydrogen) atoms. The summed E-state index contributed by atoms with van der Waals surface area (Å²) in [4.78, 5) is 17.4. The van der Waals surface area contributed by atoms with Crippen molar-refractivity contribution in [1.82, 2.24) is 9.88 Å². The molecule has 0 radical (unpaired) electrons. The van der Waals surface area contributed by atoms with Gasteiger partial charge >= 0.3 is 5.97 Å². The van der Waals surface area contributed by atoms with Crippen molar-refractivity contribution >= 4 is 17.3 Å². The molecular formula is C13H20N2O2S. The summed E-state index contributed by atoms with van der Waals surface area (Å²) in [6.07, 6.45) is 6.01. The van der Waals surface area contributed by atoms with Crippen molar-refractivity contribution in [2.75, 3.05) is 13.1 Å². The lowest BCUT2D eigenvalue weighted by Gasteiger charge is -2.34. The zero-order valence-corrected chi connectivity index (χ0v) is 11.6. The molecule has 0 saturated carbocycles. The summed E-state index contributed by atoms with van der Waals surface area (Å²) in [6.45, 7) is 4.43. The molecule has 4 nitrogen and oxygen atoms in total. The Morgan fingerprint density at radius 3 is 3.11 bits per heavy atom. The van der Waals surface area contributed by atoms with Crippen LogP contribution in [-0.2, 0) is 6.42 Å². The number of aromatic nitrogens is 1. The number of carboxylic acid groups (broad SMARTS) is 1. The van der Waals surface area contributed by atoms with Crippen LogP contribution in [0.1, 0.15) is 48.1 Å². The lowest BCUT2D eigenvalue weighted by Crippen LogP contribution is -2.40. The molecule has 2 heterocycles. The van der Waals surface area contributed by atoms with Gasteiger partial charge in [-0.2, -0.15) is 0 Å². The second kappa shape index (κ2) is 6.29. The highest BCUT2D eigenvalue weighted by Gasteiger charge is 2.20. The van der Waals surface area contributed by atoms with E-state index in [1.54, 1.807) is 5.38 Å². The van der Waals surface area contributed by atoms with Crippen LogP contribution in [0.15, 0.2) is 5.38 Å². The third-order valence-corrected chi connectivity index (χ3v) is 4.51. The minimum absolute atomic E-state index is 0.181. The topological polar surface area (TPSA) is 53.4 Å². The number of rotatable bonds is 5. The Labute approximate surface area is 112 Å². The number of carboxylic acids is 1. The van der Waals surface area contributed by atoms with Gasteiger partial charge in [-0.3, -0.25) is 4.90 Å². The molecule has 1 aliphatic heterocycles. The fraction of sp³-hybridized carbons (Fsp3) is 0.692. The minimum Gasteiger partial charge on any atom is -0.476 e. The zero-order valence-electron chi connectivity index (χ0n) is 10.8. The van der Waals surface area contributed by atoms with Gasteiger partial charge in [-0.05, 0) is 25.8 Å². The number of likely N-dealkylation sites (tertiary alicyclic amines) is 1. The largest absolute Gasteiger partial charge is 0.476 e. The molecule has 1 aromatic heterocycles. The summed E-state index contributed by atoms with van der Waals surface area (Å²) >= 11 is 1.46. The summed E-state index contributed by atoms with van der Waals surface area (Å²) < 4.78 is 0. The molecule has 0 aliphatic carbocycles. The summed E-state index contributed by atoms with van der Waals surface area (Å²) in [5.74, 6) is -0.929. The van der Waals surface area contributed by atoms with Crippen LogP contribution in [0.4, 0.5) is 0 Å². The smallest absolute Gasteiger partial charge is 0.355 e. The Morgan fingerprint density at radius 2 is 2.44 bits per heavy atom. The average Bonchev–Trinajstić information content (AvgIpc) is 2.85. The van der Waals surface area contributed by atoms with E-state index in [-0.39, 0.29) is 5.69 Å². The minimum atomic E-state index is -0.929. The third kappa shape index (κ3) is 3.29. The number of hydrogen-bond donors (Lipinski definition) is 1. The van der Waals surface area contributed by atoms with Gasteiger partial charge in [0.2, 0.25) is 0 Å². The Balaban J connectivity index is 1.87. The van der Waals surface area contributed by atoms with Gasteiger partial charge in [0.05, 0.1) is 5.01 Å². The monoisotopic (exact) mass is 268 g/mol. The van der Waals surface area contributed by atoms with Crippen molar-refractivity contribution in [3.8, 4) is 0 Å². The van der Waals surface area contributed by atoms with E-state index in [0.717, 1.165) is 18.0 Å². The predicted molar refractivity (Wildman–Crippen MR) is 72.3 cm³/mol. The molecular weight excluding hydrogens is 248 g/mol. The Hall–Kier alpha value is -0.940. The van der Waals surface area contributed by atoms with Crippen LogP contribution in [0.3, 0.4) is 0 Å². The maximum Gasteiger partial charge on any atom is 0.355 e. The standard InChI is InChI=1S/C13H20N2O2S/c1-2-10-5-3-4-7-15(10)8-6-12-14-11(9-18-12)13(16)17/h9-10H,2-8H2,1H3,(H,16,17). The van der Waals surface area contributed by atoms with E-state index in [4.69, 9.17) is 5.11 Å². The predicted octanol–water partition coefficient (Wildman–Crippen LogP) is 2.65. The number of carbonyl (C=O) groups is 1. The van der Waals surface area contributed by atoms with Crippen LogP contribution in [0, 0.1) is 0 Å². The SMILES string of the molecule is CCC1CCCCN1CCc1nc(C(=O)O)cs1. The fourth-order valence-electron chi connectivity index (χ4n) is 2.58. The first-order valence-corrected chi connectivity index (χ1v) is 7.50. The first-order valence-electron chi connectivity index (χ1n) is 6.62. The quantitative estimate of drug-likeness (QED) is 0.892. The van der Waals surface area contributed by atoms with Gasteiger partial charge in [-0.25, -0.2) is 9.78 Å². The number of thiazole rings is 1. The molecule has 0 amide bonds. The summed E-state index contributed by atoms with van der Waals surface area (Å²) in [6, 6.07) is 0.706. The molecule has 1 saturated heterocycles. The summed E-state index contributed by atoms with van der Waals surface area (Å²) in [5, 5.41) is 11.4. The second-order valence-electron chi connectivity index (χ2n) is 4.78. The van der Waals surface area contributed by atoms with E-state index in [9.17, 15) is 4.79 Å². The summed E-state index contributed by atoms with van der Waals surface area (Å²) in [5.41, 5.74) is 0.181. The Bertz CT molecular complexity index is 405. The van der Waals surface area contributed by atoms with Crippen LogP contribution in [0.25, 0.3) is 0 Å². The van der Waals surface area contributed by atoms with Crippen LogP contribution in [0.5, 0.6) is 0 Å². The molecule has 1 atom stereocenters. The van der Waals surface area contributed by atoms with Gasteiger partial charge < -0.3 is 5.11 Å². The van der Waals surface area contributed by atoms with Crippen LogP contribution in [0.2, 0.25) is 0 Å². The Kier molecular flexibility index (Phi) is 4.72. The van der Waals surface area contributed by atoms with Crippen molar-refractivity contribution in [3.05, 3.63) is 16.1 Å². The molecule has 1 aromatic rings. The molecule has 0 aromatic carbocycles. The number of hydrogen-bond acceptors (Lipinski definition) is 4. The van der Waals surface area contributed by atoms with Crippen molar-refractivity contribution in [2.24, 2.45) is 0 Å². The van der Waals surface area contributed by atoms with Crippen LogP contribution >= 0.6 is 11.3 Å². The van der Waals surface area contributed by atoms with E-state index in [1.807, 2.05) is 0 Å². The molecule has 5 heteroatoms. The van der Waals surface area contributed by atoms with E-state index in [2.05, 4.69) is 16.8 Å². The average molecular weight is 268 g/mol. The molecule has 1 fully saturated rings. The normalized spacial score (nSPS) is 21.1. The van der Waals surface area contributed by atoms with E-state index in [0.29, 0.717) is 6.04 Å². The maximum absolute atomic E-state index is 10.8. The Morgan fingerprint density at radius 1 is 1.61 bits per heavy atom. The van der Waals surface area contributed by atoms with Crippen molar-refractivity contribution in [2.45, 2.75) is 45.1 Å². The van der Waals surface area contributed by atoms with Gasteiger partial charge in [0.1, 0.15) is 0 Å². The second-order valence-corrected chi connectivity index (χ2v) is 5.72. The van der Waals surface area contributed by atoms with E-state index >= 15 is 0 Å². The van der Waals surface area contributed by atoms with Gasteiger partial charge in [0.25, 0.3) is 0 Å². The molecule has 0 spiro atoms. The molecule has 0 bridgehead atoms. The van der Waals surface area contributed by atoms with Crippen molar-refractivity contribution < 1.29 is 9.90 Å². The van der Waals surface area contributed by atoms with Gasteiger partial charge in [-0.15, -0.1) is 11.3 Å². The van der Waals surface area contributed by atoms with Crippen molar-refractivity contribution in [3.63, 3.8) is 0 Å². The first kappa shape index (κ1) is 13.5. The van der Waals surface area contributed by atoms with E-state index < -0.39 is 5.97 Å². The van der Waals surface area contributed by atoms with E-state index in [1.165, 1.54) is 43.6 Å². The lowest BCUT2D eigenvalue weighted by molar-refractivity contribution is 0.0691. The highest BCUT2D eigenvalue weighted by molar-refractivity contribution is 7.09. The van der Waals surface area contributed by atoms with Crippen LogP contribution in [-0.4, -0.2) is 40.1 Å².